The zero-order valence-corrected chi connectivity index (χ0v) is 14.0. The van der Waals surface area contributed by atoms with Crippen molar-refractivity contribution in [2.45, 2.75) is 13.0 Å². The molecule has 0 saturated carbocycles. The summed E-state index contributed by atoms with van der Waals surface area (Å²) in [7, 11) is 0. The number of carbonyl (C=O) groups excluding carboxylic acids is 2. The van der Waals surface area contributed by atoms with Gasteiger partial charge in [-0.1, -0.05) is 12.1 Å². The van der Waals surface area contributed by atoms with E-state index in [1.807, 2.05) is 35.8 Å². The normalized spacial score (nSPS) is 11.3. The number of aromatic carboxylic acids is 1. The minimum atomic E-state index is -1.34. The molecule has 0 spiro atoms. The fourth-order valence-electron chi connectivity index (χ4n) is 1.51. The molecular weight excluding hydrogens is 372 g/mol. The molecule has 0 saturated heterocycles. The van der Waals surface area contributed by atoms with Crippen molar-refractivity contribution in [2.75, 3.05) is 12.0 Å². The molecule has 1 atom stereocenters. The molecular formula is C12H13ILiNO3S. The van der Waals surface area contributed by atoms with Crippen LogP contribution in [0.25, 0.3) is 0 Å². The van der Waals surface area contributed by atoms with Crippen LogP contribution in [0.4, 0.5) is 0 Å². The number of nitrogens with one attached hydrogen (secondary N) is 1. The molecule has 0 heterocycles. The van der Waals surface area contributed by atoms with Gasteiger partial charge in [-0.2, -0.15) is 11.8 Å². The molecule has 0 aliphatic rings. The van der Waals surface area contributed by atoms with Gasteiger partial charge in [0.1, 0.15) is 0 Å². The quantitative estimate of drug-likeness (QED) is 0.477. The van der Waals surface area contributed by atoms with Gasteiger partial charge in [0.05, 0.1) is 11.5 Å². The second kappa shape index (κ2) is 8.90. The topological polar surface area (TPSA) is 69.2 Å². The second-order valence-corrected chi connectivity index (χ2v) is 5.85. The van der Waals surface area contributed by atoms with Crippen LogP contribution < -0.4 is 29.3 Å². The van der Waals surface area contributed by atoms with E-state index >= 15 is 0 Å². The van der Waals surface area contributed by atoms with Crippen molar-refractivity contribution >= 4 is 46.2 Å². The minimum absolute atomic E-state index is 0. The molecule has 1 amide bonds. The number of benzene rings is 1. The summed E-state index contributed by atoms with van der Waals surface area (Å²) in [6, 6.07) is 4.65. The van der Waals surface area contributed by atoms with E-state index in [4.69, 9.17) is 0 Å². The Morgan fingerprint density at radius 2 is 2.11 bits per heavy atom. The van der Waals surface area contributed by atoms with Gasteiger partial charge in [0.15, 0.2) is 0 Å². The molecule has 1 rings (SSSR count). The third-order valence-corrected chi connectivity index (χ3v) is 3.99. The average molecular weight is 385 g/mol. The number of halogens is 1. The summed E-state index contributed by atoms with van der Waals surface area (Å²) in [6.07, 6.45) is 1.95. The van der Waals surface area contributed by atoms with Gasteiger partial charge in [0.25, 0.3) is 5.91 Å². The van der Waals surface area contributed by atoms with Crippen LogP contribution in [0.15, 0.2) is 18.2 Å². The van der Waals surface area contributed by atoms with Crippen molar-refractivity contribution in [1.29, 1.82) is 0 Å². The molecule has 1 N–H and O–H groups in total. The van der Waals surface area contributed by atoms with E-state index < -0.39 is 5.97 Å². The predicted molar refractivity (Wildman–Crippen MR) is 78.8 cm³/mol. The van der Waals surface area contributed by atoms with Crippen molar-refractivity contribution in [3.63, 3.8) is 0 Å². The molecule has 4 nitrogen and oxygen atoms in total. The molecule has 19 heavy (non-hydrogen) atoms. The van der Waals surface area contributed by atoms with Gasteiger partial charge in [-0.15, -0.1) is 0 Å². The minimum Gasteiger partial charge on any atom is -0.545 e. The smallest absolute Gasteiger partial charge is 0.545 e. The van der Waals surface area contributed by atoms with E-state index in [1.165, 1.54) is 6.07 Å². The number of carboxylic acids is 1. The van der Waals surface area contributed by atoms with Crippen LogP contribution in [0.2, 0.25) is 0 Å². The number of hydrogen-bond acceptors (Lipinski definition) is 4. The van der Waals surface area contributed by atoms with Gasteiger partial charge in [0, 0.05) is 20.9 Å². The Labute approximate surface area is 142 Å². The Kier molecular flexibility index (Phi) is 8.82. The Balaban J connectivity index is 0.00000324. The van der Waals surface area contributed by atoms with Crippen LogP contribution in [-0.4, -0.2) is 29.9 Å². The summed E-state index contributed by atoms with van der Waals surface area (Å²) in [5.74, 6) is -0.938. The summed E-state index contributed by atoms with van der Waals surface area (Å²) in [4.78, 5) is 23.1. The molecule has 98 valence electrons. The molecule has 0 fully saturated rings. The standard InChI is InChI=1S/C12H14INO3S.Li/c1-7(6-18-2)14-11(15)10-8(12(16)17)4-3-5-9(10)13;/h3-5,7H,6H2,1-2H3,(H,14,15)(H,16,17);/q;+1/p-1/t7-;/m0./s1. The van der Waals surface area contributed by atoms with Gasteiger partial charge in [-0.25, -0.2) is 0 Å². The maximum atomic E-state index is 12.1. The van der Waals surface area contributed by atoms with Gasteiger partial charge in [-0.3, -0.25) is 4.79 Å². The van der Waals surface area contributed by atoms with Crippen molar-refractivity contribution in [2.24, 2.45) is 0 Å². The van der Waals surface area contributed by atoms with Gasteiger partial charge in [-0.05, 0) is 41.8 Å². The van der Waals surface area contributed by atoms with Crippen LogP contribution in [-0.2, 0) is 0 Å². The summed E-state index contributed by atoms with van der Waals surface area (Å²) in [5, 5.41) is 13.8. The zero-order valence-electron chi connectivity index (χ0n) is 11.0. The zero-order chi connectivity index (χ0) is 13.7. The van der Waals surface area contributed by atoms with Crippen LogP contribution in [0.3, 0.4) is 0 Å². The van der Waals surface area contributed by atoms with Crippen LogP contribution in [0.5, 0.6) is 0 Å². The van der Waals surface area contributed by atoms with E-state index in [9.17, 15) is 14.7 Å². The van der Waals surface area contributed by atoms with Crippen LogP contribution >= 0.6 is 34.4 Å². The van der Waals surface area contributed by atoms with E-state index in [0.29, 0.717) is 3.57 Å². The van der Waals surface area contributed by atoms with Crippen LogP contribution in [0, 0.1) is 3.57 Å². The van der Waals surface area contributed by atoms with Gasteiger partial charge >= 0.3 is 18.9 Å². The third-order valence-electron chi connectivity index (χ3n) is 2.25. The van der Waals surface area contributed by atoms with Crippen molar-refractivity contribution in [3.05, 3.63) is 32.9 Å². The van der Waals surface area contributed by atoms with Crippen molar-refractivity contribution < 1.29 is 33.6 Å². The first-order chi connectivity index (χ1) is 8.47. The average Bonchev–Trinajstić information content (AvgIpc) is 2.28. The summed E-state index contributed by atoms with van der Waals surface area (Å²) in [5.41, 5.74) is 0.0989. The Hall–Kier alpha value is -0.163. The third kappa shape index (κ3) is 5.38. The summed E-state index contributed by atoms with van der Waals surface area (Å²) in [6.45, 7) is 1.88. The van der Waals surface area contributed by atoms with Crippen molar-refractivity contribution in [1.82, 2.24) is 5.32 Å². The molecule has 7 heteroatoms. The number of thioether (sulfide) groups is 1. The molecule has 0 aromatic heterocycles. The predicted octanol–water partition coefficient (Wildman–Crippen LogP) is -1.86. The summed E-state index contributed by atoms with van der Waals surface area (Å²) >= 11 is 3.56. The number of carboxylic acid groups (broad SMARTS) is 1. The van der Waals surface area contributed by atoms with Gasteiger partial charge in [0.2, 0.25) is 0 Å². The Morgan fingerprint density at radius 1 is 1.47 bits per heavy atom. The first-order valence-corrected chi connectivity index (χ1v) is 7.74. The van der Waals surface area contributed by atoms with Crippen LogP contribution in [0.1, 0.15) is 27.6 Å². The number of amides is 1. The molecule has 1 aromatic carbocycles. The molecule has 0 radical (unpaired) electrons. The van der Waals surface area contributed by atoms with E-state index in [2.05, 4.69) is 5.32 Å². The molecule has 0 aliphatic carbocycles. The maximum Gasteiger partial charge on any atom is 1.00 e. The summed E-state index contributed by atoms with van der Waals surface area (Å²) < 4.78 is 0.600. The van der Waals surface area contributed by atoms with E-state index in [-0.39, 0.29) is 41.9 Å². The molecule has 0 unspecified atom stereocenters. The first kappa shape index (κ1) is 18.8. The Morgan fingerprint density at radius 3 is 2.63 bits per heavy atom. The number of carbonyl (C=O) groups is 2. The number of hydrogen-bond donors (Lipinski definition) is 1. The first-order valence-electron chi connectivity index (χ1n) is 5.27. The van der Waals surface area contributed by atoms with Gasteiger partial charge < -0.3 is 15.2 Å². The fourth-order valence-corrected chi connectivity index (χ4v) is 2.84. The molecule has 1 aromatic rings. The molecule has 0 bridgehead atoms. The van der Waals surface area contributed by atoms with E-state index in [0.717, 1.165) is 5.75 Å². The maximum absolute atomic E-state index is 12.1. The monoisotopic (exact) mass is 385 g/mol. The van der Waals surface area contributed by atoms with E-state index in [1.54, 1.807) is 23.9 Å². The fraction of sp³-hybridized carbons (Fsp3) is 0.333. The van der Waals surface area contributed by atoms with Crippen molar-refractivity contribution in [3.8, 4) is 0 Å². The SMILES string of the molecule is CSC[C@H](C)NC(=O)c1c(I)cccc1C(=O)[O-].[Li+]. The second-order valence-electron chi connectivity index (χ2n) is 3.78. The Bertz CT molecular complexity index is 470. The molecule has 0 aliphatic heterocycles. The number of rotatable bonds is 5. The largest absolute Gasteiger partial charge is 1.00 e.